The molecule has 10 nitrogen and oxygen atoms in total. The molecule has 0 bridgehead atoms. The molecule has 12 heteroatoms. The van der Waals surface area contributed by atoms with E-state index in [1.54, 1.807) is 59.0 Å². The number of aromatic nitrogens is 4. The lowest BCUT2D eigenvalue weighted by atomic mass is 10.2. The summed E-state index contributed by atoms with van der Waals surface area (Å²) in [6, 6.07) is 6.49. The van der Waals surface area contributed by atoms with Crippen molar-refractivity contribution in [1.29, 1.82) is 0 Å². The molecule has 0 spiro atoms. The smallest absolute Gasteiger partial charge is 0.419 e. The third kappa shape index (κ3) is 7.45. The molecule has 38 heavy (non-hydrogen) atoms. The number of rotatable bonds is 4. The highest BCUT2D eigenvalue weighted by Crippen LogP contribution is 2.24. The molecule has 0 saturated heterocycles. The van der Waals surface area contributed by atoms with Gasteiger partial charge in [0.05, 0.1) is 36.6 Å². The SMILES string of the molecule is C.CCOC(=O)c1cc2cc(Cl)ncc2[nH]1.CCOC(=O)c1cc2cc(Cl)ncc2n1C(=O)OC(C)(C)C. The Kier molecular flexibility index (Phi) is 10.3. The van der Waals surface area contributed by atoms with Crippen LogP contribution in [-0.4, -0.2) is 56.4 Å². The molecule has 0 fully saturated rings. The van der Waals surface area contributed by atoms with Gasteiger partial charge in [0.15, 0.2) is 0 Å². The van der Waals surface area contributed by atoms with Gasteiger partial charge in [-0.1, -0.05) is 30.6 Å². The Labute approximate surface area is 230 Å². The molecule has 204 valence electrons. The zero-order chi connectivity index (χ0) is 27.3. The molecule has 1 N–H and O–H groups in total. The minimum absolute atomic E-state index is 0. The van der Waals surface area contributed by atoms with Gasteiger partial charge in [-0.05, 0) is 58.9 Å². The lowest BCUT2D eigenvalue weighted by Gasteiger charge is -2.20. The molecule has 0 unspecified atom stereocenters. The van der Waals surface area contributed by atoms with Gasteiger partial charge in [-0.15, -0.1) is 0 Å². The number of pyridine rings is 2. The van der Waals surface area contributed by atoms with Crippen LogP contribution in [0.25, 0.3) is 21.8 Å². The van der Waals surface area contributed by atoms with Gasteiger partial charge in [0, 0.05) is 10.8 Å². The first-order valence-electron chi connectivity index (χ1n) is 11.3. The molecule has 4 aromatic rings. The standard InChI is InChI=1S/C15H17ClN2O4.C10H9ClN2O2.CH4/c1-5-21-13(19)10-6-9-7-12(16)17-8-11(9)18(10)14(20)22-15(2,3)4;1-2-15-10(14)7-3-6-4-9(11)12-5-8(6)13-7;/h6-8H,5H2,1-4H3;3-5,13H,2H2,1H3;1H4. The van der Waals surface area contributed by atoms with Crippen LogP contribution in [0.3, 0.4) is 0 Å². The van der Waals surface area contributed by atoms with Gasteiger partial charge in [0.25, 0.3) is 0 Å². The van der Waals surface area contributed by atoms with Crippen molar-refractivity contribution in [3.8, 4) is 0 Å². The summed E-state index contributed by atoms with van der Waals surface area (Å²) < 4.78 is 16.4. The molecule has 0 aliphatic rings. The second-order valence-electron chi connectivity index (χ2n) is 8.63. The van der Waals surface area contributed by atoms with Gasteiger partial charge in [-0.2, -0.15) is 0 Å². The van der Waals surface area contributed by atoms with Crippen molar-refractivity contribution in [2.24, 2.45) is 0 Å². The Bertz CT molecular complexity index is 1460. The molecule has 0 saturated carbocycles. The lowest BCUT2D eigenvalue weighted by molar-refractivity contribution is 0.0454. The highest BCUT2D eigenvalue weighted by molar-refractivity contribution is 6.30. The van der Waals surface area contributed by atoms with Crippen molar-refractivity contribution in [1.82, 2.24) is 19.5 Å². The van der Waals surface area contributed by atoms with Gasteiger partial charge < -0.3 is 19.2 Å². The molecule has 0 aliphatic heterocycles. The van der Waals surface area contributed by atoms with E-state index in [0.29, 0.717) is 28.4 Å². The number of esters is 2. The zero-order valence-electron chi connectivity index (χ0n) is 20.9. The highest BCUT2D eigenvalue weighted by Gasteiger charge is 2.26. The first kappa shape index (κ1) is 30.6. The molecule has 0 amide bonds. The van der Waals surface area contributed by atoms with Gasteiger partial charge in [-0.25, -0.2) is 28.9 Å². The Morgan fingerprint density at radius 1 is 0.895 bits per heavy atom. The number of carbonyl (C=O) groups is 3. The van der Waals surface area contributed by atoms with Crippen LogP contribution in [0.4, 0.5) is 4.79 Å². The van der Waals surface area contributed by atoms with E-state index in [-0.39, 0.29) is 30.8 Å². The lowest BCUT2D eigenvalue weighted by Crippen LogP contribution is -2.29. The number of H-pyrrole nitrogens is 1. The van der Waals surface area contributed by atoms with Crippen LogP contribution >= 0.6 is 23.2 Å². The van der Waals surface area contributed by atoms with Crippen LogP contribution in [-0.2, 0) is 14.2 Å². The summed E-state index contributed by atoms with van der Waals surface area (Å²) in [7, 11) is 0. The molecule has 4 heterocycles. The van der Waals surface area contributed by atoms with Crippen molar-refractivity contribution >= 4 is 63.0 Å². The molecule has 0 atom stereocenters. The molecule has 4 rings (SSSR count). The first-order chi connectivity index (χ1) is 17.4. The average molecular weight is 565 g/mol. The fourth-order valence-corrected chi connectivity index (χ4v) is 3.60. The second-order valence-corrected chi connectivity index (χ2v) is 9.40. The minimum Gasteiger partial charge on any atom is -0.461 e. The van der Waals surface area contributed by atoms with E-state index >= 15 is 0 Å². The third-order valence-electron chi connectivity index (χ3n) is 4.68. The maximum Gasteiger partial charge on any atom is 0.419 e. The fourth-order valence-electron chi connectivity index (χ4n) is 3.26. The summed E-state index contributed by atoms with van der Waals surface area (Å²) >= 11 is 11.6. The van der Waals surface area contributed by atoms with Gasteiger partial charge in [0.1, 0.15) is 27.3 Å². The summed E-state index contributed by atoms with van der Waals surface area (Å²) in [6.07, 6.45) is 2.33. The van der Waals surface area contributed by atoms with E-state index < -0.39 is 17.7 Å². The van der Waals surface area contributed by atoms with Crippen LogP contribution in [0, 0.1) is 0 Å². The third-order valence-corrected chi connectivity index (χ3v) is 5.10. The summed E-state index contributed by atoms with van der Waals surface area (Å²) in [6.45, 7) is 9.25. The predicted octanol–water partition coefficient (Wildman–Crippen LogP) is 6.68. The van der Waals surface area contributed by atoms with Gasteiger partial charge in [0.2, 0.25) is 0 Å². The zero-order valence-corrected chi connectivity index (χ0v) is 22.4. The predicted molar refractivity (Wildman–Crippen MR) is 146 cm³/mol. The molecular weight excluding hydrogens is 535 g/mol. The number of ether oxygens (including phenoxy) is 3. The Morgan fingerprint density at radius 2 is 1.47 bits per heavy atom. The van der Waals surface area contributed by atoms with Crippen LogP contribution in [0.2, 0.25) is 10.3 Å². The summed E-state index contributed by atoms with van der Waals surface area (Å²) in [5, 5.41) is 2.12. The van der Waals surface area contributed by atoms with Crippen LogP contribution < -0.4 is 0 Å². The van der Waals surface area contributed by atoms with Crippen molar-refractivity contribution < 1.29 is 28.6 Å². The summed E-state index contributed by atoms with van der Waals surface area (Å²) in [5.41, 5.74) is 0.995. The number of fused-ring (bicyclic) bond motifs is 2. The van der Waals surface area contributed by atoms with Gasteiger partial charge >= 0.3 is 18.0 Å². The maximum absolute atomic E-state index is 12.4. The number of aromatic amines is 1. The van der Waals surface area contributed by atoms with E-state index in [9.17, 15) is 14.4 Å². The number of hydrogen-bond donors (Lipinski definition) is 1. The van der Waals surface area contributed by atoms with E-state index in [4.69, 9.17) is 37.4 Å². The Hall–Kier alpha value is -3.63. The van der Waals surface area contributed by atoms with E-state index in [1.165, 1.54) is 12.3 Å². The highest BCUT2D eigenvalue weighted by atomic mass is 35.5. The summed E-state index contributed by atoms with van der Waals surface area (Å²) in [5.74, 6) is -0.981. The number of nitrogens with zero attached hydrogens (tertiary/aromatic N) is 3. The average Bonchev–Trinajstić information content (AvgIpc) is 3.39. The van der Waals surface area contributed by atoms with Crippen molar-refractivity contribution in [2.75, 3.05) is 13.2 Å². The first-order valence-corrected chi connectivity index (χ1v) is 12.1. The van der Waals surface area contributed by atoms with Gasteiger partial charge in [-0.3, -0.25) is 0 Å². The Morgan fingerprint density at radius 3 is 2.08 bits per heavy atom. The summed E-state index contributed by atoms with van der Waals surface area (Å²) in [4.78, 5) is 46.7. The maximum atomic E-state index is 12.4. The van der Waals surface area contributed by atoms with Crippen LogP contribution in [0.5, 0.6) is 0 Å². The van der Waals surface area contributed by atoms with Crippen molar-refractivity contribution in [3.63, 3.8) is 0 Å². The molecule has 0 aromatic carbocycles. The molecule has 0 aliphatic carbocycles. The molecule has 0 radical (unpaired) electrons. The number of halogens is 2. The Balaban J connectivity index is 0.000000277. The number of carbonyl (C=O) groups excluding carboxylic acids is 3. The number of nitrogens with one attached hydrogen (secondary N) is 1. The minimum atomic E-state index is -0.695. The van der Waals surface area contributed by atoms with Crippen LogP contribution in [0.1, 0.15) is 63.0 Å². The monoisotopic (exact) mass is 564 g/mol. The normalized spacial score (nSPS) is 10.8. The topological polar surface area (TPSA) is 125 Å². The second kappa shape index (κ2) is 12.7. The van der Waals surface area contributed by atoms with Crippen molar-refractivity contribution in [3.05, 3.63) is 58.4 Å². The van der Waals surface area contributed by atoms with E-state index in [0.717, 1.165) is 15.5 Å². The molecule has 4 aromatic heterocycles. The number of hydrogen-bond acceptors (Lipinski definition) is 8. The fraction of sp³-hybridized carbons (Fsp3) is 0.346. The van der Waals surface area contributed by atoms with Crippen LogP contribution in [0.15, 0.2) is 36.7 Å². The quantitative estimate of drug-likeness (QED) is 0.165. The largest absolute Gasteiger partial charge is 0.461 e. The van der Waals surface area contributed by atoms with Crippen molar-refractivity contribution in [2.45, 2.75) is 47.6 Å². The van der Waals surface area contributed by atoms with E-state index in [1.807, 2.05) is 0 Å². The van der Waals surface area contributed by atoms with E-state index in [2.05, 4.69) is 15.0 Å². The molecular formula is C26H30Cl2N4O6.